The van der Waals surface area contributed by atoms with Gasteiger partial charge in [-0.1, -0.05) is 60.7 Å². The topological polar surface area (TPSA) is 81.8 Å². The van der Waals surface area contributed by atoms with E-state index >= 15 is 0 Å². The Morgan fingerprint density at radius 2 is 1.58 bits per heavy atom. The van der Waals surface area contributed by atoms with Gasteiger partial charge < -0.3 is 16.0 Å². The Labute approximate surface area is 192 Å². The molecule has 2 amide bonds. The van der Waals surface area contributed by atoms with Gasteiger partial charge in [0.2, 0.25) is 0 Å². The molecule has 0 saturated heterocycles. The molecule has 2 heterocycles. The van der Waals surface area contributed by atoms with E-state index in [0.717, 1.165) is 45.8 Å². The van der Waals surface area contributed by atoms with E-state index in [0.29, 0.717) is 5.69 Å². The summed E-state index contributed by atoms with van der Waals surface area (Å²) in [6, 6.07) is 25.3. The number of carbonyl (C=O) groups excluding carboxylic acids is 1. The van der Waals surface area contributed by atoms with Crippen molar-refractivity contribution in [1.82, 2.24) is 15.5 Å². The summed E-state index contributed by atoms with van der Waals surface area (Å²) in [5, 5.41) is 16.3. The summed E-state index contributed by atoms with van der Waals surface area (Å²) in [6.45, 7) is 0.782. The molecule has 0 spiro atoms. The number of benzene rings is 3. The minimum Gasteiger partial charge on any atom is -0.387 e. The Morgan fingerprint density at radius 1 is 0.818 bits per heavy atom. The molecule has 4 N–H and O–H groups in total. The molecule has 1 aliphatic heterocycles. The van der Waals surface area contributed by atoms with Gasteiger partial charge in [-0.2, -0.15) is 5.10 Å². The van der Waals surface area contributed by atoms with Crippen molar-refractivity contribution in [2.75, 3.05) is 17.2 Å². The van der Waals surface area contributed by atoms with Crippen LogP contribution in [-0.2, 0) is 0 Å². The van der Waals surface area contributed by atoms with Gasteiger partial charge in [0.05, 0.1) is 5.69 Å². The van der Waals surface area contributed by atoms with Gasteiger partial charge in [-0.15, -0.1) is 0 Å². The first-order valence-electron chi connectivity index (χ1n) is 10.7. The number of anilines is 2. The second-order valence-corrected chi connectivity index (χ2v) is 7.65. The third-order valence-corrected chi connectivity index (χ3v) is 5.42. The number of nitrogens with zero attached hydrogens (tertiary/aromatic N) is 1. The zero-order valence-corrected chi connectivity index (χ0v) is 17.9. The van der Waals surface area contributed by atoms with E-state index in [-0.39, 0.29) is 6.03 Å². The number of hydrogen-bond donors (Lipinski definition) is 4. The van der Waals surface area contributed by atoms with Gasteiger partial charge in [0.1, 0.15) is 0 Å². The maximum absolute atomic E-state index is 12.6. The number of allylic oxidation sites excluding steroid dienone is 2. The smallest absolute Gasteiger partial charge is 0.323 e. The van der Waals surface area contributed by atoms with Crippen molar-refractivity contribution in [3.63, 3.8) is 0 Å². The van der Waals surface area contributed by atoms with Gasteiger partial charge in [0.15, 0.2) is 0 Å². The summed E-state index contributed by atoms with van der Waals surface area (Å²) in [5.41, 5.74) is 7.54. The lowest BCUT2D eigenvalue weighted by Crippen LogP contribution is -2.19. The molecule has 1 aromatic heterocycles. The molecule has 3 aromatic carbocycles. The van der Waals surface area contributed by atoms with Crippen molar-refractivity contribution in [2.24, 2.45) is 0 Å². The number of rotatable bonds is 5. The number of dihydropyridines is 1. The van der Waals surface area contributed by atoms with Gasteiger partial charge >= 0.3 is 6.03 Å². The standard InChI is InChI=1S/C27H23N5O/c33-27(30-23-11-9-20(10-12-23)19-5-2-1-3-6-19)31-24-8-4-7-22(17-24)26-25(18-29-32-26)21-13-15-28-16-14-21/h1-15,17-18,28H,16H2,(H,29,32)(H2,30,31,33). The van der Waals surface area contributed by atoms with Crippen LogP contribution >= 0.6 is 0 Å². The van der Waals surface area contributed by atoms with E-state index in [1.54, 1.807) is 0 Å². The summed E-state index contributed by atoms with van der Waals surface area (Å²) in [7, 11) is 0. The molecule has 6 nitrogen and oxygen atoms in total. The lowest BCUT2D eigenvalue weighted by Gasteiger charge is -2.11. The minimum atomic E-state index is -0.300. The fraction of sp³-hybridized carbons (Fsp3) is 0.0370. The second-order valence-electron chi connectivity index (χ2n) is 7.65. The molecule has 0 aliphatic carbocycles. The van der Waals surface area contributed by atoms with E-state index in [9.17, 15) is 4.79 Å². The fourth-order valence-corrected chi connectivity index (χ4v) is 3.80. The third kappa shape index (κ3) is 4.70. The van der Waals surface area contributed by atoms with Crippen LogP contribution in [0, 0.1) is 0 Å². The van der Waals surface area contributed by atoms with E-state index in [1.165, 1.54) is 0 Å². The molecule has 162 valence electrons. The molecule has 0 atom stereocenters. The number of aromatic amines is 1. The van der Waals surface area contributed by atoms with E-state index in [1.807, 2.05) is 85.2 Å². The predicted molar refractivity (Wildman–Crippen MR) is 134 cm³/mol. The van der Waals surface area contributed by atoms with Gasteiger partial charge in [0.25, 0.3) is 0 Å². The number of urea groups is 1. The summed E-state index contributed by atoms with van der Waals surface area (Å²) in [4.78, 5) is 12.6. The highest BCUT2D eigenvalue weighted by molar-refractivity contribution is 6.00. The monoisotopic (exact) mass is 433 g/mol. The van der Waals surface area contributed by atoms with Crippen LogP contribution in [0.1, 0.15) is 5.56 Å². The van der Waals surface area contributed by atoms with Gasteiger partial charge in [-0.3, -0.25) is 5.10 Å². The highest BCUT2D eigenvalue weighted by atomic mass is 16.2. The van der Waals surface area contributed by atoms with Crippen molar-refractivity contribution in [3.8, 4) is 22.4 Å². The number of carbonyl (C=O) groups is 1. The van der Waals surface area contributed by atoms with Crippen LogP contribution in [0.5, 0.6) is 0 Å². The van der Waals surface area contributed by atoms with Crippen LogP contribution in [0.15, 0.2) is 103 Å². The van der Waals surface area contributed by atoms with Crippen molar-refractivity contribution in [1.29, 1.82) is 0 Å². The van der Waals surface area contributed by atoms with Crippen molar-refractivity contribution in [3.05, 3.63) is 109 Å². The molecule has 0 saturated carbocycles. The number of H-pyrrole nitrogens is 1. The molecule has 0 unspecified atom stereocenters. The Balaban J connectivity index is 1.28. The van der Waals surface area contributed by atoms with Crippen LogP contribution in [0.2, 0.25) is 0 Å². The Hall–Kier alpha value is -4.58. The van der Waals surface area contributed by atoms with Crippen LogP contribution in [-0.4, -0.2) is 22.8 Å². The largest absolute Gasteiger partial charge is 0.387 e. The highest BCUT2D eigenvalue weighted by Gasteiger charge is 2.13. The number of amides is 2. The van der Waals surface area contributed by atoms with E-state index in [4.69, 9.17) is 0 Å². The van der Waals surface area contributed by atoms with Crippen LogP contribution in [0.4, 0.5) is 16.2 Å². The highest BCUT2D eigenvalue weighted by Crippen LogP contribution is 2.30. The molecule has 0 radical (unpaired) electrons. The summed E-state index contributed by atoms with van der Waals surface area (Å²) < 4.78 is 0. The van der Waals surface area contributed by atoms with Crippen molar-refractivity contribution >= 4 is 23.0 Å². The molecule has 4 aromatic rings. The second kappa shape index (κ2) is 9.28. The van der Waals surface area contributed by atoms with Crippen LogP contribution in [0.25, 0.3) is 28.0 Å². The Morgan fingerprint density at radius 3 is 2.36 bits per heavy atom. The SMILES string of the molecule is O=C(Nc1ccc(-c2ccccc2)cc1)Nc1cccc(-c2n[nH]cc2C2=CCNC=C2)c1. The number of hydrogen-bond acceptors (Lipinski definition) is 3. The van der Waals surface area contributed by atoms with Gasteiger partial charge in [-0.05, 0) is 53.2 Å². The average molecular weight is 434 g/mol. The third-order valence-electron chi connectivity index (χ3n) is 5.42. The molecular weight excluding hydrogens is 410 g/mol. The number of aromatic nitrogens is 2. The summed E-state index contributed by atoms with van der Waals surface area (Å²) in [6.07, 6.45) is 7.97. The van der Waals surface area contributed by atoms with Gasteiger partial charge in [-0.25, -0.2) is 4.79 Å². The first kappa shape index (κ1) is 20.3. The summed E-state index contributed by atoms with van der Waals surface area (Å²) in [5.74, 6) is 0. The molecule has 0 bridgehead atoms. The molecule has 6 heteroatoms. The zero-order valence-electron chi connectivity index (χ0n) is 17.9. The Bertz CT molecular complexity index is 1320. The van der Waals surface area contributed by atoms with E-state index in [2.05, 4.69) is 44.4 Å². The van der Waals surface area contributed by atoms with Crippen LogP contribution < -0.4 is 16.0 Å². The molecule has 5 rings (SSSR count). The predicted octanol–water partition coefficient (Wildman–Crippen LogP) is 5.89. The maximum atomic E-state index is 12.6. The normalized spacial score (nSPS) is 12.5. The van der Waals surface area contributed by atoms with E-state index < -0.39 is 0 Å². The quantitative estimate of drug-likeness (QED) is 0.317. The average Bonchev–Trinajstić information content (AvgIpc) is 3.36. The lowest BCUT2D eigenvalue weighted by molar-refractivity contribution is 0.262. The fourth-order valence-electron chi connectivity index (χ4n) is 3.80. The maximum Gasteiger partial charge on any atom is 0.323 e. The zero-order chi connectivity index (χ0) is 22.5. The Kier molecular flexibility index (Phi) is 5.72. The first-order valence-corrected chi connectivity index (χ1v) is 10.7. The molecule has 0 fully saturated rings. The molecular formula is C27H23N5O. The van der Waals surface area contributed by atoms with Crippen molar-refractivity contribution in [2.45, 2.75) is 0 Å². The minimum absolute atomic E-state index is 0.300. The molecule has 33 heavy (non-hydrogen) atoms. The lowest BCUT2D eigenvalue weighted by atomic mass is 10.0. The van der Waals surface area contributed by atoms with Gasteiger partial charge in [0, 0.05) is 35.2 Å². The summed E-state index contributed by atoms with van der Waals surface area (Å²) >= 11 is 0. The molecule has 1 aliphatic rings. The first-order chi connectivity index (χ1) is 16.3. The van der Waals surface area contributed by atoms with Crippen molar-refractivity contribution < 1.29 is 4.79 Å². The van der Waals surface area contributed by atoms with Crippen LogP contribution in [0.3, 0.4) is 0 Å². The number of nitrogens with one attached hydrogen (secondary N) is 4.